The van der Waals surface area contributed by atoms with Gasteiger partial charge in [0, 0.05) is 12.2 Å². The number of amides is 1. The molecule has 120 valence electrons. The Morgan fingerprint density at radius 1 is 1.17 bits per heavy atom. The number of pyridine rings is 1. The quantitative estimate of drug-likeness (QED) is 0.944. The van der Waals surface area contributed by atoms with Gasteiger partial charge in [0.1, 0.15) is 5.69 Å². The molecule has 1 aliphatic heterocycles. The van der Waals surface area contributed by atoms with Crippen molar-refractivity contribution >= 4 is 5.91 Å². The summed E-state index contributed by atoms with van der Waals surface area (Å²) >= 11 is 0. The summed E-state index contributed by atoms with van der Waals surface area (Å²) in [6.07, 6.45) is 4.14. The second kappa shape index (κ2) is 6.92. The molecule has 1 atom stereocenters. The van der Waals surface area contributed by atoms with Crippen LogP contribution in [0.2, 0.25) is 0 Å². The third-order valence-corrected chi connectivity index (χ3v) is 4.87. The molecular weight excluding hydrogens is 286 g/mol. The van der Waals surface area contributed by atoms with Crippen LogP contribution in [0.3, 0.4) is 0 Å². The molecule has 1 aliphatic rings. The third kappa shape index (κ3) is 3.59. The topological polar surface area (TPSA) is 59.2 Å². The molecule has 2 aromatic rings. The summed E-state index contributed by atoms with van der Waals surface area (Å²) in [5.41, 5.74) is 8.15. The molecule has 2 N–H and O–H groups in total. The van der Waals surface area contributed by atoms with Crippen LogP contribution in [0.25, 0.3) is 0 Å². The van der Waals surface area contributed by atoms with Gasteiger partial charge in [0.15, 0.2) is 0 Å². The predicted octanol–water partition coefficient (Wildman–Crippen LogP) is 3.12. The average molecular weight is 309 g/mol. The molecule has 1 aromatic carbocycles. The van der Waals surface area contributed by atoms with Gasteiger partial charge in [-0.15, -0.1) is 0 Å². The van der Waals surface area contributed by atoms with Crippen molar-refractivity contribution < 1.29 is 4.79 Å². The van der Waals surface area contributed by atoms with Crippen molar-refractivity contribution in [2.24, 2.45) is 5.73 Å². The summed E-state index contributed by atoms with van der Waals surface area (Å²) in [5.74, 6) is 0.183. The van der Waals surface area contributed by atoms with E-state index in [1.165, 1.54) is 18.4 Å². The van der Waals surface area contributed by atoms with Gasteiger partial charge < -0.3 is 5.73 Å². The van der Waals surface area contributed by atoms with Crippen LogP contribution in [0.1, 0.15) is 53.3 Å². The Kier molecular flexibility index (Phi) is 4.72. The first-order chi connectivity index (χ1) is 11.1. The number of nitrogens with zero attached hydrogens (tertiary/aromatic N) is 2. The van der Waals surface area contributed by atoms with Gasteiger partial charge in [0.2, 0.25) is 0 Å². The van der Waals surface area contributed by atoms with Crippen LogP contribution in [-0.2, 0) is 0 Å². The first kappa shape index (κ1) is 15.7. The van der Waals surface area contributed by atoms with Gasteiger partial charge in [-0.25, -0.2) is 0 Å². The van der Waals surface area contributed by atoms with Crippen molar-refractivity contribution in [3.63, 3.8) is 0 Å². The van der Waals surface area contributed by atoms with Gasteiger partial charge in [0.05, 0.1) is 0 Å². The van der Waals surface area contributed by atoms with E-state index in [4.69, 9.17) is 5.73 Å². The summed E-state index contributed by atoms with van der Waals surface area (Å²) in [4.78, 5) is 17.7. The average Bonchev–Trinajstić information content (AvgIpc) is 2.62. The molecule has 0 saturated carbocycles. The molecule has 1 aromatic heterocycles. The van der Waals surface area contributed by atoms with Crippen LogP contribution >= 0.6 is 0 Å². The highest BCUT2D eigenvalue weighted by Gasteiger charge is 2.24. The molecule has 3 rings (SSSR count). The maximum absolute atomic E-state index is 11.1. The van der Waals surface area contributed by atoms with E-state index in [9.17, 15) is 4.79 Å². The minimum atomic E-state index is -0.479. The van der Waals surface area contributed by atoms with E-state index in [0.717, 1.165) is 18.7 Å². The summed E-state index contributed by atoms with van der Waals surface area (Å²) in [5, 5.41) is 0. The first-order valence-corrected chi connectivity index (χ1v) is 8.20. The lowest BCUT2D eigenvalue weighted by atomic mass is 9.88. The number of hydrogen-bond acceptors (Lipinski definition) is 3. The van der Waals surface area contributed by atoms with Crippen LogP contribution in [0.4, 0.5) is 0 Å². The summed E-state index contributed by atoms with van der Waals surface area (Å²) in [6, 6.07) is 14.8. The van der Waals surface area contributed by atoms with Gasteiger partial charge in [-0.05, 0) is 56.0 Å². The molecule has 1 saturated heterocycles. The minimum absolute atomic E-state index is 0.307. The van der Waals surface area contributed by atoms with Gasteiger partial charge in [-0.3, -0.25) is 14.7 Å². The summed E-state index contributed by atoms with van der Waals surface area (Å²) < 4.78 is 0. The number of aromatic nitrogens is 1. The van der Waals surface area contributed by atoms with E-state index in [1.807, 2.05) is 6.07 Å². The van der Waals surface area contributed by atoms with E-state index < -0.39 is 5.91 Å². The molecular formula is C19H23N3O. The zero-order valence-electron chi connectivity index (χ0n) is 13.5. The van der Waals surface area contributed by atoms with Crippen LogP contribution in [-0.4, -0.2) is 28.9 Å². The highest BCUT2D eigenvalue weighted by Crippen LogP contribution is 2.31. The van der Waals surface area contributed by atoms with Crippen LogP contribution in [0.5, 0.6) is 0 Å². The number of likely N-dealkylation sites (tertiary alicyclic amines) is 1. The predicted molar refractivity (Wildman–Crippen MR) is 91.2 cm³/mol. The van der Waals surface area contributed by atoms with Gasteiger partial charge in [-0.2, -0.15) is 0 Å². The molecule has 4 heteroatoms. The zero-order chi connectivity index (χ0) is 16.2. The molecule has 23 heavy (non-hydrogen) atoms. The Bertz CT molecular complexity index is 646. The molecule has 4 nitrogen and oxygen atoms in total. The standard InChI is InChI=1S/C19H23N3O/c1-14(17-7-8-18(19(20)23)21-13-17)22-11-9-16(10-12-22)15-5-3-2-4-6-15/h2-8,13-14,16H,9-12H2,1H3,(H2,20,23). The lowest BCUT2D eigenvalue weighted by Gasteiger charge is -2.36. The number of nitrogens with two attached hydrogens (primary N) is 1. The number of carbonyl (C=O) groups excluding carboxylic acids is 1. The van der Waals surface area contributed by atoms with Crippen molar-refractivity contribution in [2.45, 2.75) is 31.7 Å². The molecule has 0 spiro atoms. The van der Waals surface area contributed by atoms with Gasteiger partial charge >= 0.3 is 0 Å². The smallest absolute Gasteiger partial charge is 0.267 e. The van der Waals surface area contributed by atoms with Crippen molar-refractivity contribution in [1.29, 1.82) is 0 Å². The van der Waals surface area contributed by atoms with Crippen molar-refractivity contribution in [1.82, 2.24) is 9.88 Å². The fourth-order valence-corrected chi connectivity index (χ4v) is 3.35. The first-order valence-electron chi connectivity index (χ1n) is 8.20. The Hall–Kier alpha value is -2.20. The Balaban J connectivity index is 1.61. The molecule has 0 bridgehead atoms. The van der Waals surface area contributed by atoms with Gasteiger partial charge in [-0.1, -0.05) is 36.4 Å². The van der Waals surface area contributed by atoms with Crippen LogP contribution in [0, 0.1) is 0 Å². The van der Waals surface area contributed by atoms with Crippen molar-refractivity contribution in [3.05, 3.63) is 65.5 Å². The van der Waals surface area contributed by atoms with E-state index in [2.05, 4.69) is 47.1 Å². The van der Waals surface area contributed by atoms with Crippen LogP contribution in [0.15, 0.2) is 48.7 Å². The third-order valence-electron chi connectivity index (χ3n) is 4.87. The fraction of sp³-hybridized carbons (Fsp3) is 0.368. The SMILES string of the molecule is CC(c1ccc(C(N)=O)nc1)N1CCC(c2ccccc2)CC1. The van der Waals surface area contributed by atoms with Crippen molar-refractivity contribution in [2.75, 3.05) is 13.1 Å². The largest absolute Gasteiger partial charge is 0.364 e. The number of carbonyl (C=O) groups is 1. The number of hydrogen-bond donors (Lipinski definition) is 1. The summed E-state index contributed by atoms with van der Waals surface area (Å²) in [7, 11) is 0. The highest BCUT2D eigenvalue weighted by molar-refractivity contribution is 5.90. The molecule has 0 aliphatic carbocycles. The number of piperidine rings is 1. The molecule has 1 amide bonds. The Labute approximate surface area is 137 Å². The second-order valence-electron chi connectivity index (χ2n) is 6.24. The van der Waals surface area contributed by atoms with E-state index in [0.29, 0.717) is 17.7 Å². The monoisotopic (exact) mass is 309 g/mol. The lowest BCUT2D eigenvalue weighted by molar-refractivity contribution is 0.0995. The molecule has 1 unspecified atom stereocenters. The van der Waals surface area contributed by atoms with Crippen LogP contribution < -0.4 is 5.73 Å². The normalized spacial score (nSPS) is 17.8. The number of rotatable bonds is 4. The van der Waals surface area contributed by atoms with Gasteiger partial charge in [0.25, 0.3) is 5.91 Å². The van der Waals surface area contributed by atoms with E-state index in [-0.39, 0.29) is 0 Å². The fourth-order valence-electron chi connectivity index (χ4n) is 3.35. The second-order valence-corrected chi connectivity index (χ2v) is 6.24. The zero-order valence-corrected chi connectivity index (χ0v) is 13.5. The molecule has 0 radical (unpaired) electrons. The highest BCUT2D eigenvalue weighted by atomic mass is 16.1. The molecule has 2 heterocycles. The number of primary amides is 1. The minimum Gasteiger partial charge on any atom is -0.364 e. The number of benzene rings is 1. The summed E-state index contributed by atoms with van der Waals surface area (Å²) in [6.45, 7) is 4.36. The van der Waals surface area contributed by atoms with E-state index >= 15 is 0 Å². The lowest BCUT2D eigenvalue weighted by Crippen LogP contribution is -2.35. The maximum Gasteiger partial charge on any atom is 0.267 e. The van der Waals surface area contributed by atoms with E-state index in [1.54, 1.807) is 12.3 Å². The van der Waals surface area contributed by atoms with Crippen molar-refractivity contribution in [3.8, 4) is 0 Å². The Morgan fingerprint density at radius 3 is 2.43 bits per heavy atom. The molecule has 1 fully saturated rings. The Morgan fingerprint density at radius 2 is 1.87 bits per heavy atom. The maximum atomic E-state index is 11.1.